The molecule has 12 heavy (non-hydrogen) atoms. The van der Waals surface area contributed by atoms with Crippen molar-refractivity contribution in [3.63, 3.8) is 0 Å². The van der Waals surface area contributed by atoms with E-state index in [0.29, 0.717) is 0 Å². The fourth-order valence-electron chi connectivity index (χ4n) is 1.58. The Morgan fingerprint density at radius 1 is 1.08 bits per heavy atom. The van der Waals surface area contributed by atoms with Crippen LogP contribution in [0.2, 0.25) is 0 Å². The maximum Gasteiger partial charge on any atom is 0.395 e. The predicted molar refractivity (Wildman–Crippen MR) is 30.5 cm³/mol. The highest BCUT2D eigenvalue weighted by molar-refractivity contribution is 5.36. The van der Waals surface area contributed by atoms with Gasteiger partial charge >= 0.3 is 6.18 Å². The van der Waals surface area contributed by atoms with Crippen LogP contribution in [0, 0.1) is 11.3 Å². The highest BCUT2D eigenvalue weighted by Crippen LogP contribution is 2.74. The molecule has 0 nitrogen and oxygen atoms in total. The molecule has 0 aliphatic heterocycles. The lowest BCUT2D eigenvalue weighted by atomic mass is 10.00. The van der Waals surface area contributed by atoms with E-state index in [1.165, 1.54) is 0 Å². The van der Waals surface area contributed by atoms with Gasteiger partial charge in [0.25, 0.3) is 5.92 Å². The zero-order chi connectivity index (χ0) is 9.20. The van der Waals surface area contributed by atoms with Crippen LogP contribution in [-0.2, 0) is 0 Å². The number of rotatable bonds is 1. The molecule has 69 valence electrons. The summed E-state index contributed by atoms with van der Waals surface area (Å²) in [4.78, 5) is 0. The first-order valence-electron chi connectivity index (χ1n) is 3.61. The summed E-state index contributed by atoms with van der Waals surface area (Å²) in [5.41, 5.74) is -2.10. The van der Waals surface area contributed by atoms with E-state index in [-0.39, 0.29) is 12.8 Å². The third-order valence-corrected chi connectivity index (χ3v) is 2.59. The largest absolute Gasteiger partial charge is 0.395 e. The Bertz CT molecular complexity index is 212. The van der Waals surface area contributed by atoms with Gasteiger partial charge in [0.05, 0.1) is 11.3 Å². The van der Waals surface area contributed by atoms with Gasteiger partial charge in [0.2, 0.25) is 0 Å². The molecule has 0 amide bonds. The monoisotopic (exact) mass is 185 g/mol. The van der Waals surface area contributed by atoms with Crippen LogP contribution in [-0.4, -0.2) is 12.1 Å². The topological polar surface area (TPSA) is 0 Å². The normalized spacial score (nSPS) is 31.8. The van der Waals surface area contributed by atoms with Gasteiger partial charge in [-0.1, -0.05) is 0 Å². The SMILES string of the molecule is FC1(F)C[C]1C1(C(F)(F)F)CC1. The van der Waals surface area contributed by atoms with Gasteiger partial charge in [-0.05, 0) is 12.8 Å². The Balaban J connectivity index is 2.15. The van der Waals surface area contributed by atoms with Crippen LogP contribution in [0.15, 0.2) is 0 Å². The van der Waals surface area contributed by atoms with Crippen LogP contribution in [0.5, 0.6) is 0 Å². The van der Waals surface area contributed by atoms with E-state index in [1.54, 1.807) is 0 Å². The number of alkyl halides is 5. The smallest absolute Gasteiger partial charge is 0.206 e. The summed E-state index contributed by atoms with van der Waals surface area (Å²) >= 11 is 0. The van der Waals surface area contributed by atoms with E-state index in [2.05, 4.69) is 0 Å². The lowest BCUT2D eigenvalue weighted by Crippen LogP contribution is -2.27. The van der Waals surface area contributed by atoms with Crippen LogP contribution in [0.25, 0.3) is 0 Å². The van der Waals surface area contributed by atoms with Crippen LogP contribution in [0.3, 0.4) is 0 Å². The van der Waals surface area contributed by atoms with Crippen molar-refractivity contribution in [1.82, 2.24) is 0 Å². The molecular weight excluding hydrogens is 179 g/mol. The van der Waals surface area contributed by atoms with Crippen molar-refractivity contribution < 1.29 is 22.0 Å². The maximum absolute atomic E-state index is 12.3. The van der Waals surface area contributed by atoms with Gasteiger partial charge in [-0.2, -0.15) is 13.2 Å². The third kappa shape index (κ3) is 0.880. The molecule has 5 heteroatoms. The van der Waals surface area contributed by atoms with Gasteiger partial charge in [0, 0.05) is 6.42 Å². The van der Waals surface area contributed by atoms with E-state index in [1.807, 2.05) is 0 Å². The van der Waals surface area contributed by atoms with Crippen LogP contribution in [0.4, 0.5) is 22.0 Å². The molecule has 1 radical (unpaired) electrons. The van der Waals surface area contributed by atoms with Crippen LogP contribution < -0.4 is 0 Å². The molecule has 0 saturated heterocycles. The minimum absolute atomic E-state index is 0.151. The molecule has 0 atom stereocenters. The average Bonchev–Trinajstić information content (AvgIpc) is 2.62. The van der Waals surface area contributed by atoms with Crippen molar-refractivity contribution >= 4 is 0 Å². The van der Waals surface area contributed by atoms with Crippen molar-refractivity contribution in [2.24, 2.45) is 5.41 Å². The molecule has 2 saturated carbocycles. The fraction of sp³-hybridized carbons (Fsp3) is 0.857. The van der Waals surface area contributed by atoms with Crippen LogP contribution in [0.1, 0.15) is 19.3 Å². The summed E-state index contributed by atoms with van der Waals surface area (Å²) in [5.74, 6) is -3.73. The van der Waals surface area contributed by atoms with Gasteiger partial charge in [-0.15, -0.1) is 0 Å². The summed E-state index contributed by atoms with van der Waals surface area (Å²) in [7, 11) is 0. The highest BCUT2D eigenvalue weighted by Gasteiger charge is 2.79. The van der Waals surface area contributed by atoms with E-state index in [9.17, 15) is 22.0 Å². The molecule has 2 fully saturated rings. The molecule has 0 aromatic carbocycles. The summed E-state index contributed by atoms with van der Waals surface area (Å²) in [5, 5.41) is 0. The van der Waals surface area contributed by atoms with E-state index < -0.39 is 29.9 Å². The zero-order valence-electron chi connectivity index (χ0n) is 6.01. The molecule has 0 N–H and O–H groups in total. The molecule has 2 rings (SSSR count). The molecule has 0 unspecified atom stereocenters. The Kier molecular flexibility index (Phi) is 1.22. The van der Waals surface area contributed by atoms with Crippen molar-refractivity contribution in [3.05, 3.63) is 5.92 Å². The Hall–Kier alpha value is -0.350. The molecular formula is C7H6F5. The second-order valence-electron chi connectivity index (χ2n) is 3.44. The first-order valence-corrected chi connectivity index (χ1v) is 3.61. The summed E-state index contributed by atoms with van der Waals surface area (Å²) in [6.45, 7) is 0. The number of halogens is 5. The van der Waals surface area contributed by atoms with Crippen molar-refractivity contribution in [3.8, 4) is 0 Å². The minimum Gasteiger partial charge on any atom is -0.206 e. The zero-order valence-corrected chi connectivity index (χ0v) is 6.01. The maximum atomic E-state index is 12.3. The average molecular weight is 185 g/mol. The molecule has 0 heterocycles. The van der Waals surface area contributed by atoms with Crippen molar-refractivity contribution in [2.45, 2.75) is 31.4 Å². The van der Waals surface area contributed by atoms with Gasteiger partial charge in [-0.3, -0.25) is 0 Å². The van der Waals surface area contributed by atoms with E-state index >= 15 is 0 Å². The van der Waals surface area contributed by atoms with Crippen molar-refractivity contribution in [1.29, 1.82) is 0 Å². The Morgan fingerprint density at radius 3 is 1.58 bits per heavy atom. The summed E-state index contributed by atoms with van der Waals surface area (Å²) in [6.07, 6.45) is -5.43. The van der Waals surface area contributed by atoms with Gasteiger partial charge in [0.1, 0.15) is 0 Å². The molecule has 0 spiro atoms. The second kappa shape index (κ2) is 1.77. The van der Waals surface area contributed by atoms with Gasteiger partial charge < -0.3 is 0 Å². The van der Waals surface area contributed by atoms with E-state index in [4.69, 9.17) is 0 Å². The Labute approximate surface area is 65.7 Å². The van der Waals surface area contributed by atoms with Crippen molar-refractivity contribution in [2.75, 3.05) is 0 Å². The standard InChI is InChI=1S/C7H6F5/c8-6(9)3-4(6)5(1-2-5)7(10,11)12/h1-3H2. The third-order valence-electron chi connectivity index (χ3n) is 2.59. The summed E-state index contributed by atoms with van der Waals surface area (Å²) < 4.78 is 61.2. The second-order valence-corrected chi connectivity index (χ2v) is 3.44. The molecule has 2 aliphatic rings. The molecule has 0 bridgehead atoms. The first kappa shape index (κ1) is 8.26. The van der Waals surface area contributed by atoms with E-state index in [0.717, 1.165) is 0 Å². The number of hydrogen-bond acceptors (Lipinski definition) is 0. The van der Waals surface area contributed by atoms with Crippen LogP contribution >= 0.6 is 0 Å². The first-order chi connectivity index (χ1) is 5.30. The summed E-state index contributed by atoms with van der Waals surface area (Å²) in [6, 6.07) is 0. The lowest BCUT2D eigenvalue weighted by Gasteiger charge is -2.17. The van der Waals surface area contributed by atoms with Gasteiger partial charge in [-0.25, -0.2) is 8.78 Å². The lowest BCUT2D eigenvalue weighted by molar-refractivity contribution is -0.181. The predicted octanol–water partition coefficient (Wildman–Crippen LogP) is 2.94. The molecule has 0 aromatic rings. The minimum atomic E-state index is -4.47. The quantitative estimate of drug-likeness (QED) is 0.551. The number of hydrogen-bond donors (Lipinski definition) is 0. The highest BCUT2D eigenvalue weighted by atomic mass is 19.4. The fourth-order valence-corrected chi connectivity index (χ4v) is 1.58. The Morgan fingerprint density at radius 2 is 1.50 bits per heavy atom. The molecule has 2 aliphatic carbocycles. The van der Waals surface area contributed by atoms with Gasteiger partial charge in [0.15, 0.2) is 0 Å². The molecule has 0 aromatic heterocycles.